The maximum atomic E-state index is 11.1. The summed E-state index contributed by atoms with van der Waals surface area (Å²) in [6.45, 7) is 0.164. The second-order valence-corrected chi connectivity index (χ2v) is 2.11. The molecule has 0 fully saturated rings. The Labute approximate surface area is 69.7 Å². The van der Waals surface area contributed by atoms with Gasteiger partial charge in [-0.1, -0.05) is 0 Å². The van der Waals surface area contributed by atoms with E-state index < -0.39 is 0 Å². The van der Waals surface area contributed by atoms with Crippen molar-refractivity contribution in [1.82, 2.24) is 10.8 Å². The van der Waals surface area contributed by atoms with E-state index in [0.29, 0.717) is 5.70 Å². The van der Waals surface area contributed by atoms with Gasteiger partial charge in [0.2, 0.25) is 0 Å². The lowest BCUT2D eigenvalue weighted by molar-refractivity contribution is -0.119. The highest BCUT2D eigenvalue weighted by atomic mass is 16.6. The maximum Gasteiger partial charge on any atom is 0.270 e. The summed E-state index contributed by atoms with van der Waals surface area (Å²) in [6, 6.07) is 0. The van der Waals surface area contributed by atoms with E-state index in [9.17, 15) is 4.79 Å². The number of carbonyl (C=O) groups excluding carboxylic acids is 1. The highest BCUT2D eigenvalue weighted by Crippen LogP contribution is 1.96. The number of rotatable bonds is 3. The van der Waals surface area contributed by atoms with Gasteiger partial charge in [0.25, 0.3) is 5.91 Å². The molecule has 0 aliphatic carbocycles. The number of aliphatic hydroxyl groups is 1. The van der Waals surface area contributed by atoms with E-state index in [0.717, 1.165) is 0 Å². The molecule has 1 aliphatic rings. The van der Waals surface area contributed by atoms with Gasteiger partial charge in [0.15, 0.2) is 0 Å². The van der Waals surface area contributed by atoms with Crippen molar-refractivity contribution in [2.45, 2.75) is 0 Å². The standard InChI is InChI=1S/C7H10N2O3/c10-4-3-8-7(11)6-2-1-5-12-9-6/h1-2,5,9-10H,3-4H2,(H,8,11). The van der Waals surface area contributed by atoms with Crippen molar-refractivity contribution in [3.63, 3.8) is 0 Å². The lowest BCUT2D eigenvalue weighted by Gasteiger charge is -2.11. The molecule has 0 spiro atoms. The second kappa shape index (κ2) is 4.40. The Kier molecular flexibility index (Phi) is 3.16. The normalized spacial score (nSPS) is 14.2. The van der Waals surface area contributed by atoms with Crippen LogP contribution in [0.2, 0.25) is 0 Å². The van der Waals surface area contributed by atoms with E-state index in [4.69, 9.17) is 5.11 Å². The second-order valence-electron chi connectivity index (χ2n) is 2.11. The van der Waals surface area contributed by atoms with Gasteiger partial charge in [-0.3, -0.25) is 4.79 Å². The summed E-state index contributed by atoms with van der Waals surface area (Å²) in [7, 11) is 0. The Morgan fingerprint density at radius 1 is 1.75 bits per heavy atom. The predicted octanol–water partition coefficient (Wildman–Crippen LogP) is -0.973. The summed E-state index contributed by atoms with van der Waals surface area (Å²) in [5.74, 6) is -0.298. The van der Waals surface area contributed by atoms with Gasteiger partial charge in [-0.05, 0) is 12.2 Å². The maximum absolute atomic E-state index is 11.1. The minimum absolute atomic E-state index is 0.0737. The first-order valence-corrected chi connectivity index (χ1v) is 3.52. The molecule has 0 bridgehead atoms. The average molecular weight is 170 g/mol. The molecule has 0 saturated carbocycles. The van der Waals surface area contributed by atoms with Gasteiger partial charge in [0.1, 0.15) is 12.0 Å². The number of hydrogen-bond donors (Lipinski definition) is 3. The highest BCUT2D eigenvalue weighted by molar-refractivity contribution is 5.92. The van der Waals surface area contributed by atoms with Crippen LogP contribution in [0.3, 0.4) is 0 Å². The molecule has 0 atom stereocenters. The molecule has 5 heteroatoms. The molecular formula is C7H10N2O3. The quantitative estimate of drug-likeness (QED) is 0.509. The molecule has 0 aromatic heterocycles. The van der Waals surface area contributed by atoms with Crippen LogP contribution in [0.5, 0.6) is 0 Å². The van der Waals surface area contributed by atoms with Crippen molar-refractivity contribution >= 4 is 5.91 Å². The molecule has 0 unspecified atom stereocenters. The van der Waals surface area contributed by atoms with E-state index in [1.165, 1.54) is 6.26 Å². The van der Waals surface area contributed by atoms with Gasteiger partial charge in [-0.2, -0.15) is 0 Å². The number of hydrogen-bond acceptors (Lipinski definition) is 4. The number of hydroxylamine groups is 1. The molecule has 5 nitrogen and oxygen atoms in total. The molecule has 0 radical (unpaired) electrons. The number of aliphatic hydroxyl groups excluding tert-OH is 1. The first-order valence-electron chi connectivity index (χ1n) is 3.52. The Balaban J connectivity index is 2.40. The van der Waals surface area contributed by atoms with Crippen molar-refractivity contribution in [2.75, 3.05) is 13.2 Å². The Morgan fingerprint density at radius 3 is 3.17 bits per heavy atom. The number of carbonyl (C=O) groups is 1. The van der Waals surface area contributed by atoms with Crippen LogP contribution in [0.4, 0.5) is 0 Å². The third kappa shape index (κ3) is 2.28. The van der Waals surface area contributed by atoms with Crippen molar-refractivity contribution in [3.8, 4) is 0 Å². The molecule has 0 saturated heterocycles. The third-order valence-electron chi connectivity index (χ3n) is 1.22. The topological polar surface area (TPSA) is 70.6 Å². The highest BCUT2D eigenvalue weighted by Gasteiger charge is 2.08. The van der Waals surface area contributed by atoms with Gasteiger partial charge in [-0.15, -0.1) is 0 Å². The van der Waals surface area contributed by atoms with E-state index >= 15 is 0 Å². The minimum atomic E-state index is -0.298. The Hall–Kier alpha value is -1.49. The predicted molar refractivity (Wildman–Crippen MR) is 41.5 cm³/mol. The van der Waals surface area contributed by atoms with Crippen molar-refractivity contribution < 1.29 is 14.7 Å². The van der Waals surface area contributed by atoms with Gasteiger partial charge in [0, 0.05) is 6.54 Å². The summed E-state index contributed by atoms with van der Waals surface area (Å²) in [5.41, 5.74) is 2.73. The number of nitrogens with one attached hydrogen (secondary N) is 2. The zero-order chi connectivity index (χ0) is 8.81. The first kappa shape index (κ1) is 8.61. The summed E-state index contributed by atoms with van der Waals surface area (Å²) in [5, 5.41) is 10.9. The first-order chi connectivity index (χ1) is 5.84. The van der Waals surface area contributed by atoms with Crippen LogP contribution in [-0.4, -0.2) is 24.2 Å². The summed E-state index contributed by atoms with van der Waals surface area (Å²) in [4.78, 5) is 15.8. The number of amides is 1. The molecule has 1 amide bonds. The van der Waals surface area contributed by atoms with Crippen LogP contribution in [0.15, 0.2) is 24.1 Å². The molecule has 1 rings (SSSR count). The lowest BCUT2D eigenvalue weighted by atomic mass is 10.3. The van der Waals surface area contributed by atoms with E-state index in [1.54, 1.807) is 12.2 Å². The third-order valence-corrected chi connectivity index (χ3v) is 1.22. The largest absolute Gasteiger partial charge is 0.395 e. The van der Waals surface area contributed by atoms with Crippen LogP contribution < -0.4 is 10.8 Å². The Bertz CT molecular complexity index is 223. The molecule has 3 N–H and O–H groups in total. The SMILES string of the molecule is O=C(NCCO)C1=CC=CON1. The smallest absolute Gasteiger partial charge is 0.270 e. The van der Waals surface area contributed by atoms with Crippen LogP contribution >= 0.6 is 0 Å². The van der Waals surface area contributed by atoms with E-state index in [2.05, 4.69) is 15.6 Å². The van der Waals surface area contributed by atoms with Gasteiger partial charge in [0.05, 0.1) is 6.61 Å². The van der Waals surface area contributed by atoms with Crippen LogP contribution in [-0.2, 0) is 9.63 Å². The zero-order valence-corrected chi connectivity index (χ0v) is 6.41. The van der Waals surface area contributed by atoms with Gasteiger partial charge in [-0.25, -0.2) is 5.48 Å². The molecular weight excluding hydrogens is 160 g/mol. The number of allylic oxidation sites excluding steroid dienone is 2. The fourth-order valence-electron chi connectivity index (χ4n) is 0.693. The molecule has 1 aliphatic heterocycles. The van der Waals surface area contributed by atoms with E-state index in [1.807, 2.05) is 0 Å². The summed E-state index contributed by atoms with van der Waals surface area (Å²) < 4.78 is 0. The minimum Gasteiger partial charge on any atom is -0.395 e. The molecule has 0 aromatic carbocycles. The van der Waals surface area contributed by atoms with Crippen molar-refractivity contribution in [1.29, 1.82) is 0 Å². The van der Waals surface area contributed by atoms with Crippen LogP contribution in [0, 0.1) is 0 Å². The van der Waals surface area contributed by atoms with E-state index in [-0.39, 0.29) is 19.1 Å². The monoisotopic (exact) mass is 170 g/mol. The van der Waals surface area contributed by atoms with Crippen LogP contribution in [0.25, 0.3) is 0 Å². The van der Waals surface area contributed by atoms with Crippen LogP contribution in [0.1, 0.15) is 0 Å². The van der Waals surface area contributed by atoms with Crippen molar-refractivity contribution in [3.05, 3.63) is 24.1 Å². The van der Waals surface area contributed by atoms with Gasteiger partial charge >= 0.3 is 0 Å². The molecule has 0 aromatic rings. The Morgan fingerprint density at radius 2 is 2.58 bits per heavy atom. The van der Waals surface area contributed by atoms with Gasteiger partial charge < -0.3 is 15.3 Å². The zero-order valence-electron chi connectivity index (χ0n) is 6.41. The molecule has 1 heterocycles. The summed E-state index contributed by atoms with van der Waals surface area (Å²) >= 11 is 0. The lowest BCUT2D eigenvalue weighted by Crippen LogP contribution is -2.33. The molecule has 12 heavy (non-hydrogen) atoms. The van der Waals surface area contributed by atoms with Crippen molar-refractivity contribution in [2.24, 2.45) is 0 Å². The fraction of sp³-hybridized carbons (Fsp3) is 0.286. The summed E-state index contributed by atoms with van der Waals surface area (Å²) in [6.07, 6.45) is 4.60. The fourth-order valence-corrected chi connectivity index (χ4v) is 0.693. The molecule has 66 valence electrons. The average Bonchev–Trinajstić information content (AvgIpc) is 2.15.